The average Bonchev–Trinajstić information content (AvgIpc) is 3.16. The number of carbonyl (C=O) groups is 1. The van der Waals surface area contributed by atoms with Gasteiger partial charge in [-0.1, -0.05) is 31.0 Å². The molecular formula is C25H32ClFN2O5. The fourth-order valence-electron chi connectivity index (χ4n) is 6.99. The third-order valence-corrected chi connectivity index (χ3v) is 8.64. The molecule has 0 aliphatic carbocycles. The van der Waals surface area contributed by atoms with E-state index in [0.717, 1.165) is 13.0 Å². The van der Waals surface area contributed by atoms with Crippen molar-refractivity contribution in [2.45, 2.75) is 57.1 Å². The van der Waals surface area contributed by atoms with Crippen LogP contribution in [0.3, 0.4) is 0 Å². The van der Waals surface area contributed by atoms with Gasteiger partial charge in [0.05, 0.1) is 43.2 Å². The molecule has 3 saturated heterocycles. The Balaban J connectivity index is 1.65. The summed E-state index contributed by atoms with van der Waals surface area (Å²) >= 11 is 6.19. The van der Waals surface area contributed by atoms with Crippen molar-refractivity contribution in [1.29, 1.82) is 0 Å². The SMILES string of the molecule is CC[C@@H]1CN2CC[C@@]34OCCO[C@@]3(Nc3c(F)c(Cl)cc(CO)c34)[C@@H]2C[C@@H]1/C(=C\CO)C(C)=O. The van der Waals surface area contributed by atoms with E-state index in [1.54, 1.807) is 13.0 Å². The number of aliphatic hydroxyl groups excluding tert-OH is 2. The molecule has 3 N–H and O–H groups in total. The number of piperidine rings is 2. The summed E-state index contributed by atoms with van der Waals surface area (Å²) in [6.07, 6.45) is 3.69. The first-order valence-electron chi connectivity index (χ1n) is 12.1. The lowest BCUT2D eigenvalue weighted by Crippen LogP contribution is -2.75. The molecule has 5 rings (SSSR count). The summed E-state index contributed by atoms with van der Waals surface area (Å²) in [6.45, 7) is 5.34. The van der Waals surface area contributed by atoms with Crippen molar-refractivity contribution in [3.05, 3.63) is 39.7 Å². The number of aliphatic hydroxyl groups is 2. The van der Waals surface area contributed by atoms with Crippen LogP contribution in [0, 0.1) is 17.7 Å². The highest BCUT2D eigenvalue weighted by molar-refractivity contribution is 6.31. The van der Waals surface area contributed by atoms with Crippen LogP contribution in [0.5, 0.6) is 0 Å². The Morgan fingerprint density at radius 1 is 1.38 bits per heavy atom. The molecule has 186 valence electrons. The van der Waals surface area contributed by atoms with Gasteiger partial charge in [-0.2, -0.15) is 0 Å². The predicted molar refractivity (Wildman–Crippen MR) is 125 cm³/mol. The number of benzene rings is 1. The minimum atomic E-state index is -1.08. The van der Waals surface area contributed by atoms with Crippen LogP contribution in [0.2, 0.25) is 5.02 Å². The number of carbonyl (C=O) groups excluding carboxylic acids is 1. The monoisotopic (exact) mass is 494 g/mol. The smallest absolute Gasteiger partial charge is 0.188 e. The Kier molecular flexibility index (Phi) is 6.28. The Hall–Kier alpha value is -1.55. The molecule has 0 radical (unpaired) electrons. The minimum absolute atomic E-state index is 0.0469. The molecule has 0 saturated carbocycles. The number of ketones is 1. The standard InChI is InChI=1S/C25H32ClFN2O5/c1-3-15-12-29-6-5-24-21-16(13-31)10-19(26)22(27)23(21)28-25(24,34-9-8-33-24)20(29)11-18(15)17(4-7-30)14(2)32/h4,10,15,18,20,28,30-31H,3,5-9,11-13H2,1-2H3/b17-4-/t15-,18+,20+,24+,25+/m1/s1. The third kappa shape index (κ3) is 3.23. The van der Waals surface area contributed by atoms with Crippen LogP contribution in [0.1, 0.15) is 44.2 Å². The number of Topliss-reactive ketones (excluding diaryl/α,β-unsaturated/α-hetero) is 1. The molecule has 0 unspecified atom stereocenters. The van der Waals surface area contributed by atoms with Crippen molar-refractivity contribution in [2.24, 2.45) is 11.8 Å². The molecule has 1 aromatic rings. The molecule has 0 spiro atoms. The minimum Gasteiger partial charge on any atom is -0.392 e. The predicted octanol–water partition coefficient (Wildman–Crippen LogP) is 2.96. The molecule has 0 bridgehead atoms. The first-order chi connectivity index (χ1) is 16.3. The number of rotatable bonds is 5. The Bertz CT molecular complexity index is 1040. The summed E-state index contributed by atoms with van der Waals surface area (Å²) in [5.41, 5.74) is -0.0851. The van der Waals surface area contributed by atoms with Crippen LogP contribution in [0.4, 0.5) is 10.1 Å². The molecule has 7 nitrogen and oxygen atoms in total. The van der Waals surface area contributed by atoms with E-state index in [1.165, 1.54) is 6.07 Å². The molecule has 5 atom stereocenters. The fraction of sp³-hybridized carbons (Fsp3) is 0.640. The Labute approximate surface area is 203 Å². The second kappa shape index (κ2) is 8.84. The zero-order valence-electron chi connectivity index (χ0n) is 19.6. The van der Waals surface area contributed by atoms with Gasteiger partial charge in [0.15, 0.2) is 17.3 Å². The number of fused-ring (bicyclic) bond motifs is 2. The summed E-state index contributed by atoms with van der Waals surface area (Å²) in [5.74, 6) is -0.447. The van der Waals surface area contributed by atoms with Crippen molar-refractivity contribution in [3.63, 3.8) is 0 Å². The molecule has 1 aromatic carbocycles. The van der Waals surface area contributed by atoms with Gasteiger partial charge in [0, 0.05) is 18.7 Å². The van der Waals surface area contributed by atoms with Gasteiger partial charge in [-0.3, -0.25) is 9.69 Å². The van der Waals surface area contributed by atoms with Crippen LogP contribution >= 0.6 is 11.6 Å². The van der Waals surface area contributed by atoms with Crippen LogP contribution in [-0.4, -0.2) is 65.6 Å². The second-order valence-electron chi connectivity index (χ2n) is 9.79. The maximum absolute atomic E-state index is 15.4. The van der Waals surface area contributed by atoms with Crippen LogP contribution in [0.25, 0.3) is 0 Å². The molecule has 4 heterocycles. The fourth-order valence-corrected chi connectivity index (χ4v) is 7.22. The third-order valence-electron chi connectivity index (χ3n) is 8.37. The Morgan fingerprint density at radius 3 is 2.82 bits per heavy atom. The number of allylic oxidation sites excluding steroid dienone is 1. The van der Waals surface area contributed by atoms with Crippen molar-refractivity contribution >= 4 is 23.1 Å². The number of ether oxygens (including phenoxy) is 2. The quantitative estimate of drug-likeness (QED) is 0.542. The van der Waals surface area contributed by atoms with Crippen LogP contribution in [-0.2, 0) is 26.5 Å². The summed E-state index contributed by atoms with van der Waals surface area (Å²) < 4.78 is 28.4. The number of anilines is 1. The zero-order valence-corrected chi connectivity index (χ0v) is 20.3. The van der Waals surface area contributed by atoms with E-state index < -0.39 is 17.1 Å². The molecular weight excluding hydrogens is 463 g/mol. The molecule has 4 aliphatic heterocycles. The topological polar surface area (TPSA) is 91.3 Å². The molecule has 0 amide bonds. The average molecular weight is 495 g/mol. The lowest BCUT2D eigenvalue weighted by atomic mass is 9.66. The van der Waals surface area contributed by atoms with Gasteiger partial charge in [0.25, 0.3) is 0 Å². The normalized spacial score (nSPS) is 35.1. The van der Waals surface area contributed by atoms with Crippen molar-refractivity contribution in [1.82, 2.24) is 4.90 Å². The number of nitrogens with one attached hydrogen (secondary N) is 1. The van der Waals surface area contributed by atoms with Crippen molar-refractivity contribution in [2.75, 3.05) is 38.2 Å². The number of hydrogen-bond donors (Lipinski definition) is 3. The van der Waals surface area contributed by atoms with Gasteiger partial charge in [-0.15, -0.1) is 0 Å². The number of hydrogen-bond acceptors (Lipinski definition) is 7. The summed E-state index contributed by atoms with van der Waals surface area (Å²) in [7, 11) is 0. The van der Waals surface area contributed by atoms with Gasteiger partial charge in [-0.05, 0) is 48.8 Å². The molecule has 9 heteroatoms. The van der Waals surface area contributed by atoms with Crippen molar-refractivity contribution < 1.29 is 28.9 Å². The van der Waals surface area contributed by atoms with E-state index in [4.69, 9.17) is 21.1 Å². The van der Waals surface area contributed by atoms with Crippen molar-refractivity contribution in [3.8, 4) is 0 Å². The summed E-state index contributed by atoms with van der Waals surface area (Å²) in [6, 6.07) is 1.26. The lowest BCUT2D eigenvalue weighted by molar-refractivity contribution is -0.297. The highest BCUT2D eigenvalue weighted by atomic mass is 35.5. The van der Waals surface area contributed by atoms with E-state index in [0.29, 0.717) is 49.3 Å². The van der Waals surface area contributed by atoms with Crippen LogP contribution < -0.4 is 5.32 Å². The van der Waals surface area contributed by atoms with E-state index in [9.17, 15) is 15.0 Å². The summed E-state index contributed by atoms with van der Waals surface area (Å²) in [4.78, 5) is 14.9. The van der Waals surface area contributed by atoms with Gasteiger partial charge in [0.2, 0.25) is 0 Å². The lowest BCUT2D eigenvalue weighted by Gasteiger charge is -2.61. The molecule has 0 aromatic heterocycles. The first kappa shape index (κ1) is 24.2. The zero-order chi connectivity index (χ0) is 24.3. The molecule has 34 heavy (non-hydrogen) atoms. The maximum Gasteiger partial charge on any atom is 0.188 e. The second-order valence-corrected chi connectivity index (χ2v) is 10.2. The van der Waals surface area contributed by atoms with Gasteiger partial charge in [-0.25, -0.2) is 4.39 Å². The van der Waals surface area contributed by atoms with E-state index in [1.807, 2.05) is 0 Å². The number of halogens is 2. The number of nitrogens with zero attached hydrogens (tertiary/aromatic N) is 1. The van der Waals surface area contributed by atoms with E-state index >= 15 is 4.39 Å². The van der Waals surface area contributed by atoms with Crippen LogP contribution in [0.15, 0.2) is 17.7 Å². The highest BCUT2D eigenvalue weighted by Crippen LogP contribution is 2.61. The van der Waals surface area contributed by atoms with E-state index in [-0.39, 0.29) is 47.6 Å². The van der Waals surface area contributed by atoms with Gasteiger partial charge in [0.1, 0.15) is 5.60 Å². The Morgan fingerprint density at radius 2 is 2.15 bits per heavy atom. The van der Waals surface area contributed by atoms with Gasteiger partial charge >= 0.3 is 0 Å². The first-order valence-corrected chi connectivity index (χ1v) is 12.5. The largest absolute Gasteiger partial charge is 0.392 e. The van der Waals surface area contributed by atoms with E-state index in [2.05, 4.69) is 17.1 Å². The molecule has 3 fully saturated rings. The maximum atomic E-state index is 15.4. The van der Waals surface area contributed by atoms with Gasteiger partial charge < -0.3 is 25.0 Å². The highest BCUT2D eigenvalue weighted by Gasteiger charge is 2.70. The molecule has 4 aliphatic rings. The summed E-state index contributed by atoms with van der Waals surface area (Å²) in [5, 5.41) is 23.0.